The molecule has 1 rings (SSSR count). The van der Waals surface area contributed by atoms with E-state index in [1.807, 2.05) is 0 Å². The molecule has 0 saturated heterocycles. The van der Waals surface area contributed by atoms with Crippen molar-refractivity contribution in [2.75, 3.05) is 0 Å². The molecule has 0 saturated carbocycles. The first kappa shape index (κ1) is 12.7. The Morgan fingerprint density at radius 3 is 2.44 bits per heavy atom. The minimum atomic E-state index is -4.98. The summed E-state index contributed by atoms with van der Waals surface area (Å²) in [7, 11) is 0. The SMILES string of the molecule is O=[N+]([O-])c1ccc(Cl)cc1[C@H](O)C(F)(F)F. The van der Waals surface area contributed by atoms with Crippen molar-refractivity contribution < 1.29 is 23.2 Å². The van der Waals surface area contributed by atoms with Gasteiger partial charge in [-0.05, 0) is 12.1 Å². The molecule has 0 spiro atoms. The molecule has 4 nitrogen and oxygen atoms in total. The highest BCUT2D eigenvalue weighted by molar-refractivity contribution is 6.30. The van der Waals surface area contributed by atoms with Crippen molar-refractivity contribution in [1.29, 1.82) is 0 Å². The van der Waals surface area contributed by atoms with Gasteiger partial charge in [0.15, 0.2) is 6.10 Å². The molecule has 0 fully saturated rings. The van der Waals surface area contributed by atoms with E-state index < -0.39 is 28.5 Å². The number of nitrogens with zero attached hydrogens (tertiary/aromatic N) is 1. The van der Waals surface area contributed by atoms with E-state index in [1.54, 1.807) is 0 Å². The van der Waals surface area contributed by atoms with E-state index in [9.17, 15) is 23.3 Å². The number of benzene rings is 1. The van der Waals surface area contributed by atoms with Crippen LogP contribution in [0, 0.1) is 10.1 Å². The summed E-state index contributed by atoms with van der Waals surface area (Å²) in [6.45, 7) is 0. The van der Waals surface area contributed by atoms with Crippen LogP contribution >= 0.6 is 11.6 Å². The number of hydrogen-bond acceptors (Lipinski definition) is 3. The summed E-state index contributed by atoms with van der Waals surface area (Å²) in [5.41, 5.74) is -1.70. The third-order valence-corrected chi connectivity index (χ3v) is 2.03. The minimum Gasteiger partial charge on any atom is -0.379 e. The summed E-state index contributed by atoms with van der Waals surface area (Å²) in [5, 5.41) is 19.3. The first-order chi connectivity index (χ1) is 7.23. The Labute approximate surface area is 92.4 Å². The first-order valence-corrected chi connectivity index (χ1v) is 4.30. The largest absolute Gasteiger partial charge is 0.418 e. The summed E-state index contributed by atoms with van der Waals surface area (Å²) >= 11 is 5.41. The van der Waals surface area contributed by atoms with Crippen LogP contribution in [-0.2, 0) is 0 Å². The number of nitro benzene ring substituents is 1. The Kier molecular flexibility index (Phi) is 3.39. The molecule has 0 aliphatic heterocycles. The molecule has 1 N–H and O–H groups in total. The maximum absolute atomic E-state index is 12.2. The molecule has 0 heterocycles. The molecule has 1 aromatic carbocycles. The van der Waals surface area contributed by atoms with E-state index in [0.29, 0.717) is 0 Å². The predicted molar refractivity (Wildman–Crippen MR) is 49.1 cm³/mol. The number of aliphatic hydroxyl groups excluding tert-OH is 1. The van der Waals surface area contributed by atoms with E-state index in [0.717, 1.165) is 18.2 Å². The lowest BCUT2D eigenvalue weighted by Gasteiger charge is -2.14. The average Bonchev–Trinajstić information content (AvgIpc) is 2.14. The van der Waals surface area contributed by atoms with Gasteiger partial charge in [0.05, 0.1) is 10.5 Å². The van der Waals surface area contributed by atoms with Crippen molar-refractivity contribution >= 4 is 17.3 Å². The molecule has 16 heavy (non-hydrogen) atoms. The average molecular weight is 256 g/mol. The molecule has 1 aromatic rings. The van der Waals surface area contributed by atoms with E-state index in [2.05, 4.69) is 0 Å². The van der Waals surface area contributed by atoms with Crippen LogP contribution in [0.1, 0.15) is 11.7 Å². The van der Waals surface area contributed by atoms with Crippen molar-refractivity contribution in [3.8, 4) is 0 Å². The molecule has 0 radical (unpaired) electrons. The number of hydrogen-bond donors (Lipinski definition) is 1. The highest BCUT2D eigenvalue weighted by Gasteiger charge is 2.42. The van der Waals surface area contributed by atoms with Gasteiger partial charge in [-0.1, -0.05) is 11.6 Å². The molecule has 0 aromatic heterocycles. The summed E-state index contributed by atoms with van der Waals surface area (Å²) in [4.78, 5) is 9.44. The minimum absolute atomic E-state index is 0.121. The van der Waals surface area contributed by atoms with Gasteiger partial charge in [0.2, 0.25) is 0 Å². The Morgan fingerprint density at radius 2 is 2.00 bits per heavy atom. The maximum Gasteiger partial charge on any atom is 0.418 e. The van der Waals surface area contributed by atoms with Crippen molar-refractivity contribution in [2.45, 2.75) is 12.3 Å². The van der Waals surface area contributed by atoms with Gasteiger partial charge in [0.1, 0.15) is 0 Å². The van der Waals surface area contributed by atoms with Crippen LogP contribution in [0.15, 0.2) is 18.2 Å². The van der Waals surface area contributed by atoms with E-state index in [4.69, 9.17) is 16.7 Å². The molecule has 88 valence electrons. The van der Waals surface area contributed by atoms with Gasteiger partial charge in [0, 0.05) is 11.1 Å². The normalized spacial score (nSPS) is 13.6. The Bertz CT molecular complexity index is 421. The van der Waals surface area contributed by atoms with Crippen LogP contribution in [0.3, 0.4) is 0 Å². The highest BCUT2D eigenvalue weighted by atomic mass is 35.5. The quantitative estimate of drug-likeness (QED) is 0.653. The fourth-order valence-corrected chi connectivity index (χ4v) is 1.27. The van der Waals surface area contributed by atoms with Crippen LogP contribution in [0.5, 0.6) is 0 Å². The topological polar surface area (TPSA) is 63.4 Å². The lowest BCUT2D eigenvalue weighted by atomic mass is 10.1. The zero-order valence-corrected chi connectivity index (χ0v) is 8.29. The number of aliphatic hydroxyl groups is 1. The van der Waals surface area contributed by atoms with Gasteiger partial charge in [-0.25, -0.2) is 0 Å². The predicted octanol–water partition coefficient (Wildman–Crippen LogP) is 2.84. The van der Waals surface area contributed by atoms with Gasteiger partial charge in [0.25, 0.3) is 5.69 Å². The van der Waals surface area contributed by atoms with Crippen molar-refractivity contribution in [3.63, 3.8) is 0 Å². The summed E-state index contributed by atoms with van der Waals surface area (Å²) in [6.07, 6.45) is -7.90. The van der Waals surface area contributed by atoms with Crippen LogP contribution in [0.2, 0.25) is 5.02 Å². The van der Waals surface area contributed by atoms with Crippen LogP contribution in [0.25, 0.3) is 0 Å². The molecule has 0 aliphatic rings. The van der Waals surface area contributed by atoms with Gasteiger partial charge >= 0.3 is 6.18 Å². The van der Waals surface area contributed by atoms with E-state index in [-0.39, 0.29) is 5.02 Å². The molecule has 0 unspecified atom stereocenters. The van der Waals surface area contributed by atoms with Crippen LogP contribution in [0.4, 0.5) is 18.9 Å². The Morgan fingerprint density at radius 1 is 1.44 bits per heavy atom. The Hall–Kier alpha value is -1.34. The van der Waals surface area contributed by atoms with Crippen molar-refractivity contribution in [2.24, 2.45) is 0 Å². The number of halogens is 4. The second-order valence-corrected chi connectivity index (χ2v) is 3.34. The van der Waals surface area contributed by atoms with Gasteiger partial charge in [-0.15, -0.1) is 0 Å². The van der Waals surface area contributed by atoms with Gasteiger partial charge in [-0.2, -0.15) is 13.2 Å². The van der Waals surface area contributed by atoms with Crippen molar-refractivity contribution in [3.05, 3.63) is 38.9 Å². The fraction of sp³-hybridized carbons (Fsp3) is 0.250. The highest BCUT2D eigenvalue weighted by Crippen LogP contribution is 2.37. The zero-order valence-electron chi connectivity index (χ0n) is 7.53. The molecule has 0 aliphatic carbocycles. The standard InChI is InChI=1S/C8H5ClF3NO3/c9-4-1-2-6(13(15)16)5(3-4)7(14)8(10,11)12/h1-3,7,14H/t7-/m0/s1. The summed E-state index contributed by atoms with van der Waals surface area (Å²) < 4.78 is 36.6. The first-order valence-electron chi connectivity index (χ1n) is 3.92. The number of alkyl halides is 3. The molecule has 0 bridgehead atoms. The van der Waals surface area contributed by atoms with E-state index in [1.165, 1.54) is 0 Å². The second kappa shape index (κ2) is 4.26. The van der Waals surface area contributed by atoms with E-state index >= 15 is 0 Å². The molecule has 8 heteroatoms. The Balaban J connectivity index is 3.30. The monoisotopic (exact) mass is 255 g/mol. The molecule has 0 amide bonds. The molecular formula is C8H5ClF3NO3. The molecular weight excluding hydrogens is 251 g/mol. The van der Waals surface area contributed by atoms with Gasteiger partial charge in [-0.3, -0.25) is 10.1 Å². The maximum atomic E-state index is 12.2. The second-order valence-electron chi connectivity index (χ2n) is 2.90. The fourth-order valence-electron chi connectivity index (χ4n) is 1.09. The smallest absolute Gasteiger partial charge is 0.379 e. The number of nitro groups is 1. The van der Waals surface area contributed by atoms with Crippen LogP contribution < -0.4 is 0 Å². The summed E-state index contributed by atoms with van der Waals surface area (Å²) in [5.74, 6) is 0. The zero-order chi connectivity index (χ0) is 12.5. The lowest BCUT2D eigenvalue weighted by Crippen LogP contribution is -2.21. The van der Waals surface area contributed by atoms with Crippen molar-refractivity contribution in [1.82, 2.24) is 0 Å². The lowest BCUT2D eigenvalue weighted by molar-refractivity contribution is -0.387. The third-order valence-electron chi connectivity index (χ3n) is 1.79. The van der Waals surface area contributed by atoms with Gasteiger partial charge < -0.3 is 5.11 Å². The summed E-state index contributed by atoms with van der Waals surface area (Å²) in [6, 6.07) is 2.61. The number of rotatable bonds is 2. The van der Waals surface area contributed by atoms with Crippen LogP contribution in [-0.4, -0.2) is 16.2 Å². The third kappa shape index (κ3) is 2.61. The molecule has 1 atom stereocenters.